The van der Waals surface area contributed by atoms with E-state index < -0.39 is 5.97 Å². The van der Waals surface area contributed by atoms with Gasteiger partial charge in [-0.15, -0.1) is 0 Å². The SMILES string of the molecule is CC(=O)N(CCC(=O)O)CC(C)C. The molecule has 13 heavy (non-hydrogen) atoms. The van der Waals surface area contributed by atoms with E-state index >= 15 is 0 Å². The minimum atomic E-state index is -0.866. The first-order chi connectivity index (χ1) is 5.93. The average molecular weight is 187 g/mol. The van der Waals surface area contributed by atoms with E-state index in [1.54, 1.807) is 4.90 Å². The number of nitrogens with zero attached hydrogens (tertiary/aromatic N) is 1. The summed E-state index contributed by atoms with van der Waals surface area (Å²) < 4.78 is 0. The summed E-state index contributed by atoms with van der Waals surface area (Å²) in [5, 5.41) is 8.44. The molecule has 0 aromatic rings. The standard InChI is InChI=1S/C9H17NO3/c1-7(2)6-10(8(3)11)5-4-9(12)13/h7H,4-6H2,1-3H3,(H,12,13). The maximum absolute atomic E-state index is 11.0. The molecule has 0 saturated carbocycles. The first-order valence-electron chi connectivity index (χ1n) is 4.40. The number of carbonyl (C=O) groups excluding carboxylic acids is 1. The maximum Gasteiger partial charge on any atom is 0.305 e. The first-order valence-corrected chi connectivity index (χ1v) is 4.40. The summed E-state index contributed by atoms with van der Waals surface area (Å²) in [6.07, 6.45) is 0.0201. The zero-order chi connectivity index (χ0) is 10.4. The van der Waals surface area contributed by atoms with Crippen molar-refractivity contribution in [1.29, 1.82) is 0 Å². The van der Waals surface area contributed by atoms with Crippen LogP contribution in [0.15, 0.2) is 0 Å². The Morgan fingerprint density at radius 1 is 1.38 bits per heavy atom. The fraction of sp³-hybridized carbons (Fsp3) is 0.778. The van der Waals surface area contributed by atoms with E-state index in [1.165, 1.54) is 6.92 Å². The van der Waals surface area contributed by atoms with Crippen LogP contribution < -0.4 is 0 Å². The fourth-order valence-corrected chi connectivity index (χ4v) is 1.05. The molecule has 1 N–H and O–H groups in total. The molecule has 0 heterocycles. The Morgan fingerprint density at radius 3 is 2.23 bits per heavy atom. The smallest absolute Gasteiger partial charge is 0.305 e. The lowest BCUT2D eigenvalue weighted by atomic mass is 10.2. The van der Waals surface area contributed by atoms with Gasteiger partial charge in [0.1, 0.15) is 0 Å². The molecule has 0 atom stereocenters. The van der Waals surface area contributed by atoms with Crippen LogP contribution in [0.4, 0.5) is 0 Å². The van der Waals surface area contributed by atoms with E-state index in [2.05, 4.69) is 0 Å². The number of hydrogen-bond donors (Lipinski definition) is 1. The molecule has 0 rings (SSSR count). The van der Waals surface area contributed by atoms with Crippen molar-refractivity contribution < 1.29 is 14.7 Å². The highest BCUT2D eigenvalue weighted by Crippen LogP contribution is 2.00. The Bertz CT molecular complexity index is 189. The molecule has 4 heteroatoms. The third-order valence-corrected chi connectivity index (χ3v) is 1.63. The second-order valence-electron chi connectivity index (χ2n) is 3.50. The summed E-state index contributed by atoms with van der Waals surface area (Å²) in [7, 11) is 0. The van der Waals surface area contributed by atoms with Crippen LogP contribution in [0.1, 0.15) is 27.2 Å². The van der Waals surface area contributed by atoms with Gasteiger partial charge in [-0.3, -0.25) is 9.59 Å². The van der Waals surface area contributed by atoms with Crippen LogP contribution in [-0.2, 0) is 9.59 Å². The van der Waals surface area contributed by atoms with Gasteiger partial charge in [0.25, 0.3) is 0 Å². The second kappa shape index (κ2) is 5.56. The van der Waals surface area contributed by atoms with Crippen LogP contribution in [0.25, 0.3) is 0 Å². The lowest BCUT2D eigenvalue weighted by Crippen LogP contribution is -2.34. The van der Waals surface area contributed by atoms with Crippen LogP contribution >= 0.6 is 0 Å². The predicted octanol–water partition coefficient (Wildman–Crippen LogP) is 0.966. The van der Waals surface area contributed by atoms with Gasteiger partial charge in [0.15, 0.2) is 0 Å². The Morgan fingerprint density at radius 2 is 1.92 bits per heavy atom. The summed E-state index contributed by atoms with van der Waals surface area (Å²) in [6.45, 7) is 6.39. The minimum Gasteiger partial charge on any atom is -0.481 e. The largest absolute Gasteiger partial charge is 0.481 e. The minimum absolute atomic E-state index is 0.0201. The lowest BCUT2D eigenvalue weighted by Gasteiger charge is -2.22. The zero-order valence-electron chi connectivity index (χ0n) is 8.41. The summed E-state index contributed by atoms with van der Waals surface area (Å²) in [4.78, 5) is 22.9. The quantitative estimate of drug-likeness (QED) is 0.697. The van der Waals surface area contributed by atoms with Gasteiger partial charge in [-0.1, -0.05) is 13.8 Å². The molecule has 0 spiro atoms. The van der Waals surface area contributed by atoms with Crippen LogP contribution in [0.5, 0.6) is 0 Å². The predicted molar refractivity (Wildman–Crippen MR) is 49.3 cm³/mol. The lowest BCUT2D eigenvalue weighted by molar-refractivity contribution is -0.138. The van der Waals surface area contributed by atoms with Crippen LogP contribution in [0.3, 0.4) is 0 Å². The number of carboxylic acid groups (broad SMARTS) is 1. The number of carbonyl (C=O) groups is 2. The van der Waals surface area contributed by atoms with Crippen LogP contribution in [-0.4, -0.2) is 35.0 Å². The van der Waals surface area contributed by atoms with Gasteiger partial charge in [0.05, 0.1) is 6.42 Å². The number of hydrogen-bond acceptors (Lipinski definition) is 2. The third-order valence-electron chi connectivity index (χ3n) is 1.63. The molecule has 1 amide bonds. The van der Waals surface area contributed by atoms with Gasteiger partial charge in [0, 0.05) is 20.0 Å². The normalized spacial score (nSPS) is 10.2. The second-order valence-corrected chi connectivity index (χ2v) is 3.50. The molecule has 0 aliphatic heterocycles. The van der Waals surface area contributed by atoms with Gasteiger partial charge >= 0.3 is 5.97 Å². The number of aliphatic carboxylic acids is 1. The highest BCUT2D eigenvalue weighted by Gasteiger charge is 2.11. The van der Waals surface area contributed by atoms with Crippen molar-refractivity contribution in [3.8, 4) is 0 Å². The summed E-state index contributed by atoms with van der Waals surface area (Å²) >= 11 is 0. The molecule has 0 saturated heterocycles. The van der Waals surface area contributed by atoms with E-state index in [9.17, 15) is 9.59 Å². The first kappa shape index (κ1) is 11.9. The number of amides is 1. The van der Waals surface area contributed by atoms with Crippen molar-refractivity contribution in [2.75, 3.05) is 13.1 Å². The Hall–Kier alpha value is -1.06. The number of rotatable bonds is 5. The van der Waals surface area contributed by atoms with E-state index in [4.69, 9.17) is 5.11 Å². The fourth-order valence-electron chi connectivity index (χ4n) is 1.05. The van der Waals surface area contributed by atoms with Crippen molar-refractivity contribution in [1.82, 2.24) is 4.90 Å². The average Bonchev–Trinajstić information content (AvgIpc) is 1.96. The molecular formula is C9H17NO3. The molecule has 76 valence electrons. The van der Waals surface area contributed by atoms with Crippen molar-refractivity contribution in [2.24, 2.45) is 5.92 Å². The molecule has 0 fully saturated rings. The molecule has 0 aromatic heterocycles. The van der Waals surface area contributed by atoms with E-state index in [0.717, 1.165) is 0 Å². The van der Waals surface area contributed by atoms with Crippen molar-refractivity contribution >= 4 is 11.9 Å². The van der Waals surface area contributed by atoms with Gasteiger partial charge in [-0.2, -0.15) is 0 Å². The van der Waals surface area contributed by atoms with Crippen LogP contribution in [0.2, 0.25) is 0 Å². The Labute approximate surface area is 78.5 Å². The molecule has 0 aliphatic carbocycles. The zero-order valence-corrected chi connectivity index (χ0v) is 8.41. The van der Waals surface area contributed by atoms with Crippen LogP contribution in [0, 0.1) is 5.92 Å². The van der Waals surface area contributed by atoms with E-state index in [-0.39, 0.29) is 12.3 Å². The van der Waals surface area contributed by atoms with E-state index in [0.29, 0.717) is 19.0 Å². The van der Waals surface area contributed by atoms with Gasteiger partial charge < -0.3 is 10.0 Å². The topological polar surface area (TPSA) is 57.6 Å². The van der Waals surface area contributed by atoms with Crippen molar-refractivity contribution in [2.45, 2.75) is 27.2 Å². The Kier molecular flexibility index (Phi) is 5.11. The monoisotopic (exact) mass is 187 g/mol. The number of carboxylic acids is 1. The third kappa shape index (κ3) is 6.13. The summed E-state index contributed by atoms with van der Waals surface area (Å²) in [5.41, 5.74) is 0. The maximum atomic E-state index is 11.0. The van der Waals surface area contributed by atoms with Crippen molar-refractivity contribution in [3.63, 3.8) is 0 Å². The van der Waals surface area contributed by atoms with Gasteiger partial charge in [-0.05, 0) is 5.92 Å². The molecule has 0 unspecified atom stereocenters. The molecule has 0 aliphatic rings. The van der Waals surface area contributed by atoms with E-state index in [1.807, 2.05) is 13.8 Å². The summed E-state index contributed by atoms with van der Waals surface area (Å²) in [6, 6.07) is 0. The molecule has 0 aromatic carbocycles. The molecule has 0 radical (unpaired) electrons. The summed E-state index contributed by atoms with van der Waals surface area (Å²) in [5.74, 6) is -0.553. The Balaban J connectivity index is 3.95. The highest BCUT2D eigenvalue weighted by atomic mass is 16.4. The molecule has 4 nitrogen and oxygen atoms in total. The van der Waals surface area contributed by atoms with Crippen molar-refractivity contribution in [3.05, 3.63) is 0 Å². The molecule has 0 bridgehead atoms. The molecular weight excluding hydrogens is 170 g/mol. The van der Waals surface area contributed by atoms with Gasteiger partial charge in [-0.25, -0.2) is 0 Å². The van der Waals surface area contributed by atoms with Gasteiger partial charge in [0.2, 0.25) is 5.91 Å². The highest BCUT2D eigenvalue weighted by molar-refractivity contribution is 5.74.